The smallest absolute Gasteiger partial charge is 0.264 e. The Hall–Kier alpha value is -0.390. The standard InChI is InChI=1S/C11H15IN2O/c1-3-4-7-8(12)9(15)14-10(13-7)11(2)5-6-11/h3-6H2,1-2H3,(H,13,14,15). The van der Waals surface area contributed by atoms with Gasteiger partial charge < -0.3 is 4.98 Å². The van der Waals surface area contributed by atoms with E-state index >= 15 is 0 Å². The largest absolute Gasteiger partial charge is 0.309 e. The Morgan fingerprint density at radius 1 is 1.53 bits per heavy atom. The molecule has 0 atom stereocenters. The van der Waals surface area contributed by atoms with Crippen molar-refractivity contribution in [1.82, 2.24) is 9.97 Å². The molecule has 1 aromatic heterocycles. The number of nitrogens with zero attached hydrogens (tertiary/aromatic N) is 1. The van der Waals surface area contributed by atoms with Gasteiger partial charge in [0.15, 0.2) is 0 Å². The van der Waals surface area contributed by atoms with Crippen molar-refractivity contribution < 1.29 is 0 Å². The molecule has 0 aromatic carbocycles. The summed E-state index contributed by atoms with van der Waals surface area (Å²) in [5.41, 5.74) is 1.13. The van der Waals surface area contributed by atoms with Crippen molar-refractivity contribution >= 4 is 22.6 Å². The number of aromatic amines is 1. The van der Waals surface area contributed by atoms with Gasteiger partial charge >= 0.3 is 0 Å². The van der Waals surface area contributed by atoms with Crippen LogP contribution < -0.4 is 5.56 Å². The number of nitrogens with one attached hydrogen (secondary N) is 1. The number of H-pyrrole nitrogens is 1. The van der Waals surface area contributed by atoms with Crippen LogP contribution in [0, 0.1) is 3.57 Å². The van der Waals surface area contributed by atoms with E-state index in [1.54, 1.807) is 0 Å². The number of rotatable bonds is 3. The summed E-state index contributed by atoms with van der Waals surface area (Å²) < 4.78 is 0.752. The van der Waals surface area contributed by atoms with E-state index in [0.29, 0.717) is 0 Å². The van der Waals surface area contributed by atoms with Gasteiger partial charge in [-0.25, -0.2) is 4.98 Å². The van der Waals surface area contributed by atoms with Crippen LogP contribution in [-0.2, 0) is 11.8 Å². The minimum absolute atomic E-state index is 0.0252. The topological polar surface area (TPSA) is 45.8 Å². The third kappa shape index (κ3) is 2.09. The van der Waals surface area contributed by atoms with Crippen molar-refractivity contribution in [3.05, 3.63) is 25.4 Å². The highest BCUT2D eigenvalue weighted by Gasteiger charge is 2.41. The Balaban J connectivity index is 2.46. The fourth-order valence-corrected chi connectivity index (χ4v) is 2.14. The maximum Gasteiger partial charge on any atom is 0.264 e. The fraction of sp³-hybridized carbons (Fsp3) is 0.636. The highest BCUT2D eigenvalue weighted by molar-refractivity contribution is 14.1. The summed E-state index contributed by atoms with van der Waals surface area (Å²) in [5.74, 6) is 0.886. The van der Waals surface area contributed by atoms with Crippen molar-refractivity contribution in [2.45, 2.75) is 44.9 Å². The van der Waals surface area contributed by atoms with Gasteiger partial charge in [-0.3, -0.25) is 4.79 Å². The van der Waals surface area contributed by atoms with Gasteiger partial charge in [-0.05, 0) is 41.9 Å². The SMILES string of the molecule is CCCc1nc(C2(C)CC2)[nH]c(=O)c1I. The number of hydrogen-bond acceptors (Lipinski definition) is 2. The van der Waals surface area contributed by atoms with Crippen LogP contribution in [0.15, 0.2) is 4.79 Å². The van der Waals surface area contributed by atoms with Gasteiger partial charge in [0.25, 0.3) is 5.56 Å². The minimum Gasteiger partial charge on any atom is -0.309 e. The van der Waals surface area contributed by atoms with Crippen LogP contribution in [0.1, 0.15) is 44.6 Å². The molecule has 0 bridgehead atoms. The lowest BCUT2D eigenvalue weighted by Gasteiger charge is -2.10. The van der Waals surface area contributed by atoms with E-state index in [1.165, 1.54) is 0 Å². The molecule has 0 saturated heterocycles. The van der Waals surface area contributed by atoms with Crippen LogP contribution in [0.25, 0.3) is 0 Å². The van der Waals surface area contributed by atoms with Crippen LogP contribution in [-0.4, -0.2) is 9.97 Å². The summed E-state index contributed by atoms with van der Waals surface area (Å²) in [6.07, 6.45) is 4.21. The summed E-state index contributed by atoms with van der Waals surface area (Å²) in [6.45, 7) is 4.27. The predicted molar refractivity (Wildman–Crippen MR) is 68.2 cm³/mol. The first-order valence-electron chi connectivity index (χ1n) is 5.36. The van der Waals surface area contributed by atoms with Crippen LogP contribution in [0.2, 0.25) is 0 Å². The van der Waals surface area contributed by atoms with E-state index < -0.39 is 0 Å². The fourth-order valence-electron chi connectivity index (χ4n) is 1.62. The molecule has 1 fully saturated rings. The maximum atomic E-state index is 11.7. The van der Waals surface area contributed by atoms with Crippen LogP contribution in [0.4, 0.5) is 0 Å². The molecule has 1 aliphatic rings. The summed E-state index contributed by atoms with van der Waals surface area (Å²) in [5, 5.41) is 0. The first kappa shape index (κ1) is 11.1. The molecule has 4 heteroatoms. The van der Waals surface area contributed by atoms with Crippen LogP contribution >= 0.6 is 22.6 Å². The van der Waals surface area contributed by atoms with E-state index in [9.17, 15) is 4.79 Å². The van der Waals surface area contributed by atoms with Crippen molar-refractivity contribution in [3.8, 4) is 0 Å². The molecular formula is C11H15IN2O. The summed E-state index contributed by atoms with van der Waals surface area (Å²) in [7, 11) is 0. The second-order valence-corrected chi connectivity index (χ2v) is 5.56. The molecule has 2 rings (SSSR count). The summed E-state index contributed by atoms with van der Waals surface area (Å²) >= 11 is 2.09. The molecule has 0 aliphatic heterocycles. The highest BCUT2D eigenvalue weighted by Crippen LogP contribution is 2.45. The van der Waals surface area contributed by atoms with Gasteiger partial charge in [-0.2, -0.15) is 0 Å². The van der Waals surface area contributed by atoms with E-state index in [1.807, 2.05) is 0 Å². The zero-order valence-electron chi connectivity index (χ0n) is 9.06. The molecule has 0 radical (unpaired) electrons. The molecule has 1 N–H and O–H groups in total. The van der Waals surface area contributed by atoms with Gasteiger partial charge in [0.05, 0.1) is 9.26 Å². The molecule has 82 valence electrons. The molecule has 0 spiro atoms. The van der Waals surface area contributed by atoms with E-state index in [2.05, 4.69) is 46.4 Å². The molecule has 0 unspecified atom stereocenters. The average molecular weight is 318 g/mol. The van der Waals surface area contributed by atoms with Crippen molar-refractivity contribution in [1.29, 1.82) is 0 Å². The maximum absolute atomic E-state index is 11.7. The van der Waals surface area contributed by atoms with Gasteiger partial charge in [0.2, 0.25) is 0 Å². The molecule has 1 saturated carbocycles. The van der Waals surface area contributed by atoms with Gasteiger partial charge in [0, 0.05) is 5.41 Å². The van der Waals surface area contributed by atoms with Gasteiger partial charge in [-0.15, -0.1) is 0 Å². The zero-order valence-corrected chi connectivity index (χ0v) is 11.2. The zero-order chi connectivity index (χ0) is 11.1. The molecule has 1 heterocycles. The highest BCUT2D eigenvalue weighted by atomic mass is 127. The predicted octanol–water partition coefficient (Wildman–Crippen LogP) is 2.38. The number of hydrogen-bond donors (Lipinski definition) is 1. The van der Waals surface area contributed by atoms with Crippen molar-refractivity contribution in [2.24, 2.45) is 0 Å². The second-order valence-electron chi connectivity index (χ2n) is 4.49. The Kier molecular flexibility index (Phi) is 2.87. The number of aromatic nitrogens is 2. The lowest BCUT2D eigenvalue weighted by atomic mass is 10.1. The summed E-state index contributed by atoms with van der Waals surface area (Å²) in [6, 6.07) is 0. The van der Waals surface area contributed by atoms with E-state index in [4.69, 9.17) is 0 Å². The monoisotopic (exact) mass is 318 g/mol. The van der Waals surface area contributed by atoms with Crippen molar-refractivity contribution in [3.63, 3.8) is 0 Å². The Labute approximate surface area is 103 Å². The summed E-state index contributed by atoms with van der Waals surface area (Å²) in [4.78, 5) is 19.2. The Morgan fingerprint density at radius 2 is 2.20 bits per heavy atom. The first-order valence-corrected chi connectivity index (χ1v) is 6.44. The molecule has 15 heavy (non-hydrogen) atoms. The Bertz CT molecular complexity index is 435. The van der Waals surface area contributed by atoms with Crippen LogP contribution in [0.3, 0.4) is 0 Å². The molecule has 0 amide bonds. The third-order valence-corrected chi connectivity index (χ3v) is 4.10. The van der Waals surface area contributed by atoms with Crippen molar-refractivity contribution in [2.75, 3.05) is 0 Å². The van der Waals surface area contributed by atoms with E-state index in [0.717, 1.165) is 40.8 Å². The normalized spacial score (nSPS) is 17.8. The molecule has 1 aromatic rings. The first-order chi connectivity index (χ1) is 7.07. The number of aryl methyl sites for hydroxylation is 1. The average Bonchev–Trinajstić information content (AvgIpc) is 2.93. The number of halogens is 1. The molecular weight excluding hydrogens is 303 g/mol. The quantitative estimate of drug-likeness (QED) is 0.870. The minimum atomic E-state index is 0.0252. The van der Waals surface area contributed by atoms with E-state index in [-0.39, 0.29) is 11.0 Å². The van der Waals surface area contributed by atoms with Crippen LogP contribution in [0.5, 0.6) is 0 Å². The molecule has 3 nitrogen and oxygen atoms in total. The van der Waals surface area contributed by atoms with Gasteiger partial charge in [0.1, 0.15) is 5.82 Å². The second kappa shape index (κ2) is 3.88. The molecule has 1 aliphatic carbocycles. The third-order valence-electron chi connectivity index (χ3n) is 2.99. The van der Waals surface area contributed by atoms with Gasteiger partial charge in [-0.1, -0.05) is 20.3 Å². The Morgan fingerprint density at radius 3 is 2.73 bits per heavy atom. The lowest BCUT2D eigenvalue weighted by Crippen LogP contribution is -2.21. The lowest BCUT2D eigenvalue weighted by molar-refractivity contribution is 0.683.